The second kappa shape index (κ2) is 16.5. The molecular weight excluding hydrogens is 543 g/mol. The summed E-state index contributed by atoms with van der Waals surface area (Å²) >= 11 is 0. The number of rotatable bonds is 19. The maximum absolute atomic E-state index is 7.23. The standard InChI is InChI=1S/C33H75NO3Si3/c1-17-18-19-20-21-22-23-24-25-26-29(36-39(13,14)32(5,6)7)30(37-40(15,16)33(8,9)10)28(34)27-35-38(11,12)31(2,3)4/h28-30H,17-27,34H2,1-16H3/t28-,29+,30-/m0/s1. The Bertz CT molecular complexity index is 691. The normalized spacial score (nSPS) is 16.7. The molecule has 3 atom stereocenters. The molecule has 0 rings (SSSR count). The third-order valence-corrected chi connectivity index (χ3v) is 23.8. The summed E-state index contributed by atoms with van der Waals surface area (Å²) in [5.41, 5.74) is 7.09. The smallest absolute Gasteiger partial charge is 0.192 e. The Labute approximate surface area is 256 Å². The maximum Gasteiger partial charge on any atom is 0.192 e. The zero-order valence-corrected chi connectivity index (χ0v) is 33.3. The highest BCUT2D eigenvalue weighted by molar-refractivity contribution is 6.75. The Morgan fingerprint density at radius 1 is 0.550 bits per heavy atom. The van der Waals surface area contributed by atoms with Gasteiger partial charge in [-0.15, -0.1) is 0 Å². The molecule has 0 heterocycles. The van der Waals surface area contributed by atoms with Crippen LogP contribution in [0.3, 0.4) is 0 Å². The molecule has 242 valence electrons. The fourth-order valence-electron chi connectivity index (χ4n) is 4.07. The van der Waals surface area contributed by atoms with E-state index in [0.717, 1.165) is 6.42 Å². The lowest BCUT2D eigenvalue weighted by molar-refractivity contribution is 0.00372. The van der Waals surface area contributed by atoms with E-state index in [1.165, 1.54) is 57.8 Å². The van der Waals surface area contributed by atoms with Gasteiger partial charge in [0.25, 0.3) is 0 Å². The van der Waals surface area contributed by atoms with Crippen LogP contribution in [0, 0.1) is 0 Å². The van der Waals surface area contributed by atoms with Crippen LogP contribution >= 0.6 is 0 Å². The first kappa shape index (κ1) is 40.5. The quantitative estimate of drug-likeness (QED) is 0.116. The Morgan fingerprint density at radius 2 is 0.925 bits per heavy atom. The van der Waals surface area contributed by atoms with Crippen molar-refractivity contribution in [3.63, 3.8) is 0 Å². The van der Waals surface area contributed by atoms with Gasteiger partial charge in [0.2, 0.25) is 0 Å². The van der Waals surface area contributed by atoms with Crippen molar-refractivity contribution in [2.24, 2.45) is 5.73 Å². The molecule has 7 heteroatoms. The monoisotopic (exact) mass is 618 g/mol. The second-order valence-corrected chi connectivity index (χ2v) is 31.4. The van der Waals surface area contributed by atoms with Crippen molar-refractivity contribution in [3.8, 4) is 0 Å². The van der Waals surface area contributed by atoms with Crippen LogP contribution in [-0.2, 0) is 13.3 Å². The lowest BCUT2D eigenvalue weighted by atomic mass is 10.00. The molecule has 0 unspecified atom stereocenters. The van der Waals surface area contributed by atoms with Crippen LogP contribution in [0.5, 0.6) is 0 Å². The molecule has 0 aromatic heterocycles. The van der Waals surface area contributed by atoms with Crippen LogP contribution in [0.1, 0.15) is 133 Å². The molecule has 0 aromatic carbocycles. The van der Waals surface area contributed by atoms with Crippen molar-refractivity contribution >= 4 is 25.0 Å². The Kier molecular flexibility index (Phi) is 16.7. The van der Waals surface area contributed by atoms with E-state index in [9.17, 15) is 0 Å². The van der Waals surface area contributed by atoms with Gasteiger partial charge < -0.3 is 19.0 Å². The number of unbranched alkanes of at least 4 members (excludes halogenated alkanes) is 8. The van der Waals surface area contributed by atoms with E-state index in [2.05, 4.69) is 109 Å². The molecule has 0 aliphatic heterocycles. The molecule has 2 N–H and O–H groups in total. The molecule has 0 aliphatic carbocycles. The molecule has 0 aliphatic rings. The van der Waals surface area contributed by atoms with Crippen LogP contribution in [0.2, 0.25) is 54.4 Å². The van der Waals surface area contributed by atoms with Crippen molar-refractivity contribution in [1.82, 2.24) is 0 Å². The van der Waals surface area contributed by atoms with E-state index >= 15 is 0 Å². The molecule has 0 aromatic rings. The fraction of sp³-hybridized carbons (Fsp3) is 1.00. The lowest BCUT2D eigenvalue weighted by Gasteiger charge is -2.47. The van der Waals surface area contributed by atoms with E-state index in [0.29, 0.717) is 6.61 Å². The van der Waals surface area contributed by atoms with Crippen LogP contribution in [0.4, 0.5) is 0 Å². The first-order valence-electron chi connectivity index (χ1n) is 16.6. The molecule has 0 saturated heterocycles. The Morgan fingerprint density at radius 3 is 1.32 bits per heavy atom. The van der Waals surface area contributed by atoms with Gasteiger partial charge in [-0.25, -0.2) is 0 Å². The lowest BCUT2D eigenvalue weighted by Crippen LogP contribution is -2.59. The Balaban J connectivity index is 5.94. The average molecular weight is 618 g/mol. The van der Waals surface area contributed by atoms with E-state index in [1.54, 1.807) is 0 Å². The highest BCUT2D eigenvalue weighted by Crippen LogP contribution is 2.42. The topological polar surface area (TPSA) is 53.7 Å². The first-order chi connectivity index (χ1) is 17.9. The summed E-state index contributed by atoms with van der Waals surface area (Å²) in [4.78, 5) is 0. The first-order valence-corrected chi connectivity index (χ1v) is 25.4. The minimum atomic E-state index is -2.09. The van der Waals surface area contributed by atoms with Gasteiger partial charge in [-0.2, -0.15) is 0 Å². The van der Waals surface area contributed by atoms with E-state index in [-0.39, 0.29) is 33.4 Å². The van der Waals surface area contributed by atoms with Gasteiger partial charge >= 0.3 is 0 Å². The van der Waals surface area contributed by atoms with Gasteiger partial charge in [-0.1, -0.05) is 127 Å². The molecule has 4 nitrogen and oxygen atoms in total. The third kappa shape index (κ3) is 13.9. The van der Waals surface area contributed by atoms with E-state index in [4.69, 9.17) is 19.0 Å². The van der Waals surface area contributed by atoms with Gasteiger partial charge in [-0.05, 0) is 60.8 Å². The predicted octanol–water partition coefficient (Wildman–Crippen LogP) is 11.0. The zero-order valence-electron chi connectivity index (χ0n) is 30.3. The molecule has 40 heavy (non-hydrogen) atoms. The summed E-state index contributed by atoms with van der Waals surface area (Å²) in [6, 6.07) is -0.211. The van der Waals surface area contributed by atoms with Gasteiger partial charge in [0, 0.05) is 0 Å². The Hall–Kier alpha value is 0.491. The third-order valence-electron chi connectivity index (χ3n) is 10.3. The summed E-state index contributed by atoms with van der Waals surface area (Å²) < 4.78 is 21.1. The second-order valence-electron chi connectivity index (χ2n) is 17.1. The molecule has 0 radical (unpaired) electrons. The SMILES string of the molecule is CCCCCCCCCCC[C@@H](O[Si](C)(C)C(C)(C)C)[C@@H](O[Si](C)(C)C(C)(C)C)[C@@H](N)CO[Si](C)(C)C(C)(C)C. The molecule has 0 spiro atoms. The van der Waals surface area contributed by atoms with Crippen molar-refractivity contribution in [2.75, 3.05) is 6.61 Å². The van der Waals surface area contributed by atoms with Crippen LogP contribution in [0.15, 0.2) is 0 Å². The van der Waals surface area contributed by atoms with Crippen molar-refractivity contribution in [2.45, 2.75) is 206 Å². The number of hydrogen-bond acceptors (Lipinski definition) is 4. The predicted molar refractivity (Wildman–Crippen MR) is 187 cm³/mol. The largest absolute Gasteiger partial charge is 0.415 e. The summed E-state index contributed by atoms with van der Waals surface area (Å²) in [6.45, 7) is 37.7. The minimum Gasteiger partial charge on any atom is -0.415 e. The van der Waals surface area contributed by atoms with E-state index < -0.39 is 25.0 Å². The zero-order chi connectivity index (χ0) is 31.6. The molecule has 0 saturated carbocycles. The number of nitrogens with two attached hydrogens (primary N) is 1. The van der Waals surface area contributed by atoms with Crippen molar-refractivity contribution < 1.29 is 13.3 Å². The summed E-state index contributed by atoms with van der Waals surface area (Å²) in [6.07, 6.45) is 12.8. The minimum absolute atomic E-state index is 0.00223. The maximum atomic E-state index is 7.23. The highest BCUT2D eigenvalue weighted by Gasteiger charge is 2.46. The number of hydrogen-bond donors (Lipinski definition) is 1. The molecule has 0 fully saturated rings. The fourth-order valence-corrected chi connectivity index (χ4v) is 7.84. The van der Waals surface area contributed by atoms with Gasteiger partial charge in [0.05, 0.1) is 24.9 Å². The van der Waals surface area contributed by atoms with Crippen LogP contribution in [-0.4, -0.2) is 49.8 Å². The summed E-state index contributed by atoms with van der Waals surface area (Å²) in [5, 5.41) is 0.383. The average Bonchev–Trinajstić information content (AvgIpc) is 2.77. The molecular formula is C33H75NO3Si3. The van der Waals surface area contributed by atoms with Crippen molar-refractivity contribution in [3.05, 3.63) is 0 Å². The van der Waals surface area contributed by atoms with Crippen molar-refractivity contribution in [1.29, 1.82) is 0 Å². The summed E-state index contributed by atoms with van der Waals surface area (Å²) in [7, 11) is -6.05. The summed E-state index contributed by atoms with van der Waals surface area (Å²) in [5.74, 6) is 0. The van der Waals surface area contributed by atoms with Crippen LogP contribution in [0.25, 0.3) is 0 Å². The molecule has 0 bridgehead atoms. The van der Waals surface area contributed by atoms with E-state index in [1.807, 2.05) is 0 Å². The molecule has 0 amide bonds. The van der Waals surface area contributed by atoms with Crippen LogP contribution < -0.4 is 5.73 Å². The highest BCUT2D eigenvalue weighted by atomic mass is 28.4. The van der Waals surface area contributed by atoms with Gasteiger partial charge in [0.15, 0.2) is 25.0 Å². The van der Waals surface area contributed by atoms with Gasteiger partial charge in [-0.3, -0.25) is 0 Å². The van der Waals surface area contributed by atoms with Gasteiger partial charge in [0.1, 0.15) is 0 Å².